The predicted molar refractivity (Wildman–Crippen MR) is 92.2 cm³/mol. The zero-order chi connectivity index (χ0) is 14.4. The van der Waals surface area contributed by atoms with E-state index < -0.39 is 19.4 Å². The van der Waals surface area contributed by atoms with Crippen molar-refractivity contribution in [3.05, 3.63) is 82.9 Å². The van der Waals surface area contributed by atoms with E-state index in [1.165, 1.54) is 18.5 Å². The third kappa shape index (κ3) is 3.12. The Hall–Kier alpha value is -0.400. The van der Waals surface area contributed by atoms with E-state index in [0.717, 1.165) is 7.25 Å². The van der Waals surface area contributed by atoms with Crippen molar-refractivity contribution < 1.29 is 44.2 Å². The van der Waals surface area contributed by atoms with Gasteiger partial charge in [-0.15, -0.1) is 0 Å². The number of fused-ring (bicyclic) bond motifs is 2. The van der Waals surface area contributed by atoms with Crippen molar-refractivity contribution >= 4 is 19.5 Å². The van der Waals surface area contributed by atoms with E-state index in [0.29, 0.717) is 0 Å². The molecular formula is C19H20Cl2SiZr. The van der Waals surface area contributed by atoms with Crippen LogP contribution in [-0.2, 0) is 19.4 Å². The van der Waals surface area contributed by atoms with Crippen LogP contribution >= 0.6 is 0 Å². The van der Waals surface area contributed by atoms with Crippen molar-refractivity contribution in [3.63, 3.8) is 0 Å². The fourth-order valence-electron chi connectivity index (χ4n) is 3.99. The molecule has 2 atom stereocenters. The molecule has 0 saturated heterocycles. The summed E-state index contributed by atoms with van der Waals surface area (Å²) < 4.78 is 4.18. The molecule has 0 nitrogen and oxygen atoms in total. The Morgan fingerprint density at radius 2 is 1.13 bits per heavy atom. The molecule has 0 saturated carbocycles. The van der Waals surface area contributed by atoms with Crippen LogP contribution in [0, 0.1) is 0 Å². The third-order valence-corrected chi connectivity index (χ3v) is 22.9. The normalized spacial score (nSPS) is 21.3. The van der Waals surface area contributed by atoms with Gasteiger partial charge < -0.3 is 24.8 Å². The van der Waals surface area contributed by atoms with Crippen LogP contribution in [0.15, 0.2) is 60.7 Å². The average molecular weight is 439 g/mol. The van der Waals surface area contributed by atoms with E-state index in [1.807, 2.05) is 0 Å². The van der Waals surface area contributed by atoms with Gasteiger partial charge in [-0.1, -0.05) is 0 Å². The Balaban J connectivity index is 0.000000960. The molecule has 0 heterocycles. The summed E-state index contributed by atoms with van der Waals surface area (Å²) in [6.45, 7) is 0. The molecule has 0 bridgehead atoms. The first kappa shape index (κ1) is 18.9. The SMILES string of the molecule is [CH3][Zr+2]([SiH3])([CH]1C=Cc2ccccc21)[CH]1C=Cc2ccccc21.[Cl-].[Cl-]. The summed E-state index contributed by atoms with van der Waals surface area (Å²) in [7, 11) is 1.38. The van der Waals surface area contributed by atoms with Gasteiger partial charge in [0.1, 0.15) is 0 Å². The largest absolute Gasteiger partial charge is 1.00 e. The molecule has 23 heavy (non-hydrogen) atoms. The van der Waals surface area contributed by atoms with Gasteiger partial charge in [0.05, 0.1) is 0 Å². The monoisotopic (exact) mass is 436 g/mol. The second kappa shape index (κ2) is 7.23. The van der Waals surface area contributed by atoms with Crippen LogP contribution in [-0.4, -0.2) is 7.37 Å². The van der Waals surface area contributed by atoms with Gasteiger partial charge in [-0.25, -0.2) is 0 Å². The minimum absolute atomic E-state index is 0. The van der Waals surface area contributed by atoms with Crippen LogP contribution in [0.1, 0.15) is 29.5 Å². The maximum atomic E-state index is 2.68. The topological polar surface area (TPSA) is 0 Å². The molecule has 2 aromatic carbocycles. The summed E-state index contributed by atoms with van der Waals surface area (Å²) in [4.78, 5) is 0. The van der Waals surface area contributed by atoms with Crippen molar-refractivity contribution in [2.45, 2.75) is 11.9 Å². The van der Waals surface area contributed by atoms with Crippen molar-refractivity contribution in [2.75, 3.05) is 0 Å². The molecule has 4 heteroatoms. The van der Waals surface area contributed by atoms with Gasteiger partial charge >= 0.3 is 134 Å². The Bertz CT molecular complexity index is 704. The Morgan fingerprint density at radius 1 is 0.739 bits per heavy atom. The van der Waals surface area contributed by atoms with Crippen LogP contribution in [0.2, 0.25) is 4.63 Å². The quantitative estimate of drug-likeness (QED) is 0.477. The van der Waals surface area contributed by atoms with Gasteiger partial charge in [0.2, 0.25) is 0 Å². The van der Waals surface area contributed by atoms with Crippen molar-refractivity contribution in [1.29, 1.82) is 0 Å². The molecule has 2 aliphatic rings. The molecule has 0 radical (unpaired) electrons. The van der Waals surface area contributed by atoms with Crippen LogP contribution in [0.3, 0.4) is 0 Å². The zero-order valence-electron chi connectivity index (χ0n) is 13.3. The predicted octanol–water partition coefficient (Wildman–Crippen LogP) is -1.99. The fourth-order valence-corrected chi connectivity index (χ4v) is 19.0. The fraction of sp³-hybridized carbons (Fsp3) is 0.158. The summed E-state index contributed by atoms with van der Waals surface area (Å²) in [5.41, 5.74) is 6.11. The van der Waals surface area contributed by atoms with E-state index in [9.17, 15) is 0 Å². The van der Waals surface area contributed by atoms with Crippen molar-refractivity contribution in [3.8, 4) is 0 Å². The van der Waals surface area contributed by atoms with Crippen LogP contribution in [0.5, 0.6) is 0 Å². The zero-order valence-corrected chi connectivity index (χ0v) is 19.3. The van der Waals surface area contributed by atoms with Gasteiger partial charge in [-0.2, -0.15) is 0 Å². The van der Waals surface area contributed by atoms with Gasteiger partial charge in [0, 0.05) is 0 Å². The number of rotatable bonds is 2. The van der Waals surface area contributed by atoms with Gasteiger partial charge in [0.25, 0.3) is 0 Å². The summed E-state index contributed by atoms with van der Waals surface area (Å²) in [6, 6.07) is 18.0. The minimum atomic E-state index is -2.24. The second-order valence-corrected chi connectivity index (χ2v) is 31.5. The molecule has 118 valence electrons. The number of allylic oxidation sites excluding steroid dienone is 2. The molecule has 0 amide bonds. The molecule has 4 rings (SSSR count). The summed E-state index contributed by atoms with van der Waals surface area (Å²) in [5, 5.41) is 0. The molecule has 0 aromatic heterocycles. The van der Waals surface area contributed by atoms with Crippen LogP contribution < -0.4 is 24.8 Å². The Morgan fingerprint density at radius 3 is 1.57 bits per heavy atom. The molecule has 0 aliphatic heterocycles. The molecule has 2 aliphatic carbocycles. The number of hydrogen-bond acceptors (Lipinski definition) is 0. The van der Waals surface area contributed by atoms with Crippen LogP contribution in [0.25, 0.3) is 12.2 Å². The van der Waals surface area contributed by atoms with Crippen LogP contribution in [0.4, 0.5) is 0 Å². The van der Waals surface area contributed by atoms with E-state index in [2.05, 4.69) is 77.5 Å². The Labute approximate surface area is 157 Å². The average Bonchev–Trinajstić information content (AvgIpc) is 3.12. The van der Waals surface area contributed by atoms with E-state index >= 15 is 0 Å². The maximum absolute atomic E-state index is 2.68. The summed E-state index contributed by atoms with van der Waals surface area (Å²) >= 11 is -2.24. The van der Waals surface area contributed by atoms with Gasteiger partial charge in [-0.05, 0) is 0 Å². The molecule has 0 N–H and O–H groups in total. The Kier molecular flexibility index (Phi) is 5.95. The van der Waals surface area contributed by atoms with Crippen molar-refractivity contribution in [2.24, 2.45) is 0 Å². The van der Waals surface area contributed by atoms with E-state index in [1.54, 1.807) is 11.1 Å². The van der Waals surface area contributed by atoms with E-state index in [4.69, 9.17) is 0 Å². The van der Waals surface area contributed by atoms with Gasteiger partial charge in [0.15, 0.2) is 0 Å². The molecule has 0 spiro atoms. The first-order valence-corrected chi connectivity index (χ1v) is 21.4. The molecule has 2 aromatic rings. The summed E-state index contributed by atoms with van der Waals surface area (Å²) in [6.07, 6.45) is 9.75. The molecule has 0 fully saturated rings. The third-order valence-electron chi connectivity index (χ3n) is 5.20. The van der Waals surface area contributed by atoms with E-state index in [-0.39, 0.29) is 24.8 Å². The minimum Gasteiger partial charge on any atom is -1.00 e. The second-order valence-electron chi connectivity index (χ2n) is 6.75. The van der Waals surface area contributed by atoms with Gasteiger partial charge in [-0.3, -0.25) is 0 Å². The van der Waals surface area contributed by atoms with Crippen molar-refractivity contribution in [1.82, 2.24) is 0 Å². The summed E-state index contributed by atoms with van der Waals surface area (Å²) in [5.74, 6) is 0. The number of hydrogen-bond donors (Lipinski definition) is 0. The molecule has 2 unspecified atom stereocenters. The number of benzene rings is 2. The number of halogens is 2. The standard InChI is InChI=1S/2C9H7.CH3.2ClH.H3Si.Zr/c2*1-2-5-9-7-3-6-8(9)4-1;;;;;/h2*1-7H;1H3;2*1H;1H3;/q;;;;;;+2/p-2. The first-order chi connectivity index (χ1) is 10.2. The molecular weight excluding hydrogens is 418 g/mol. The first-order valence-electron chi connectivity index (χ1n) is 7.72. The smallest absolute Gasteiger partial charge is 1.00 e. The maximum Gasteiger partial charge on any atom is -1.00 e.